The largest absolute Gasteiger partial charge is 0.350 e. The molecule has 2 aliphatic carbocycles. The number of aromatic amines is 1. The number of anilines is 3. The smallest absolute Gasteiger partial charge is 0.233 e. The summed E-state index contributed by atoms with van der Waals surface area (Å²) in [5.41, 5.74) is 2.87. The number of rotatable bonds is 7. The predicted octanol–water partition coefficient (Wildman–Crippen LogP) is 3.58. The van der Waals surface area contributed by atoms with Crippen molar-refractivity contribution in [3.8, 4) is 6.07 Å². The van der Waals surface area contributed by atoms with E-state index in [1.165, 1.54) is 12.8 Å². The van der Waals surface area contributed by atoms with Crippen LogP contribution in [0.15, 0.2) is 30.3 Å². The molecule has 0 atom stereocenters. The van der Waals surface area contributed by atoms with E-state index in [2.05, 4.69) is 41.9 Å². The average molecular weight is 372 g/mol. The Balaban J connectivity index is 1.32. The molecule has 0 aliphatic heterocycles. The minimum Gasteiger partial charge on any atom is -0.350 e. The molecule has 0 spiro atoms. The molecule has 5 rings (SSSR count). The van der Waals surface area contributed by atoms with E-state index in [-0.39, 0.29) is 0 Å². The van der Waals surface area contributed by atoms with Crippen molar-refractivity contribution < 1.29 is 0 Å². The molecule has 0 unspecified atom stereocenters. The van der Waals surface area contributed by atoms with Crippen LogP contribution in [0.3, 0.4) is 0 Å². The van der Waals surface area contributed by atoms with Crippen molar-refractivity contribution in [2.75, 3.05) is 10.6 Å². The first-order chi connectivity index (χ1) is 13.8. The van der Waals surface area contributed by atoms with Crippen LogP contribution in [0.1, 0.15) is 60.2 Å². The van der Waals surface area contributed by atoms with Crippen LogP contribution in [0.4, 0.5) is 17.7 Å². The summed E-state index contributed by atoms with van der Waals surface area (Å²) >= 11 is 0. The molecule has 2 aromatic heterocycles. The van der Waals surface area contributed by atoms with Gasteiger partial charge in [-0.2, -0.15) is 25.3 Å². The first-order valence-electron chi connectivity index (χ1n) is 9.58. The Kier molecular flexibility index (Phi) is 4.13. The van der Waals surface area contributed by atoms with Crippen molar-refractivity contribution in [1.29, 1.82) is 5.26 Å². The van der Waals surface area contributed by atoms with Crippen LogP contribution in [0.5, 0.6) is 0 Å². The van der Waals surface area contributed by atoms with E-state index in [4.69, 9.17) is 5.26 Å². The highest BCUT2D eigenvalue weighted by Crippen LogP contribution is 2.40. The molecule has 140 valence electrons. The quantitative estimate of drug-likeness (QED) is 0.580. The first kappa shape index (κ1) is 16.7. The van der Waals surface area contributed by atoms with Crippen LogP contribution in [0.2, 0.25) is 0 Å². The van der Waals surface area contributed by atoms with Crippen LogP contribution < -0.4 is 10.6 Å². The normalized spacial score (nSPS) is 15.8. The van der Waals surface area contributed by atoms with Gasteiger partial charge in [0, 0.05) is 30.1 Å². The lowest BCUT2D eigenvalue weighted by Gasteiger charge is -2.09. The van der Waals surface area contributed by atoms with E-state index in [9.17, 15) is 0 Å². The van der Waals surface area contributed by atoms with Crippen LogP contribution in [-0.4, -0.2) is 25.1 Å². The monoisotopic (exact) mass is 372 g/mol. The van der Waals surface area contributed by atoms with Gasteiger partial charge in [-0.1, -0.05) is 12.1 Å². The second-order valence-electron chi connectivity index (χ2n) is 7.39. The molecule has 8 heteroatoms. The van der Waals surface area contributed by atoms with Crippen molar-refractivity contribution in [2.45, 2.75) is 44.1 Å². The zero-order valence-corrected chi connectivity index (χ0v) is 15.3. The molecule has 0 saturated heterocycles. The third-order valence-corrected chi connectivity index (χ3v) is 4.98. The summed E-state index contributed by atoms with van der Waals surface area (Å²) in [5, 5.41) is 22.8. The van der Waals surface area contributed by atoms with Crippen LogP contribution in [0.25, 0.3) is 0 Å². The van der Waals surface area contributed by atoms with Gasteiger partial charge in [0.1, 0.15) is 5.82 Å². The number of nitrogens with zero attached hydrogens (tertiary/aromatic N) is 5. The Bertz CT molecular complexity index is 1030. The number of benzene rings is 1. The van der Waals surface area contributed by atoms with Crippen LogP contribution >= 0.6 is 0 Å². The van der Waals surface area contributed by atoms with Crippen molar-refractivity contribution in [1.82, 2.24) is 25.1 Å². The average Bonchev–Trinajstić information content (AvgIpc) is 3.65. The fourth-order valence-corrected chi connectivity index (χ4v) is 3.05. The van der Waals surface area contributed by atoms with Gasteiger partial charge < -0.3 is 10.6 Å². The van der Waals surface area contributed by atoms with Gasteiger partial charge in [-0.05, 0) is 43.4 Å². The molecule has 2 fully saturated rings. The minimum absolute atomic E-state index is 0.417. The molecule has 28 heavy (non-hydrogen) atoms. The molecule has 2 heterocycles. The number of hydrogen-bond donors (Lipinski definition) is 3. The summed E-state index contributed by atoms with van der Waals surface area (Å²) in [4.78, 5) is 13.7. The fraction of sp³-hybridized carbons (Fsp3) is 0.350. The van der Waals surface area contributed by atoms with Gasteiger partial charge in [0.2, 0.25) is 11.9 Å². The lowest BCUT2D eigenvalue weighted by Crippen LogP contribution is -2.09. The fourth-order valence-electron chi connectivity index (χ4n) is 3.05. The number of hydrogen-bond acceptors (Lipinski definition) is 7. The lowest BCUT2D eigenvalue weighted by atomic mass is 10.1. The summed E-state index contributed by atoms with van der Waals surface area (Å²) < 4.78 is 0. The SMILES string of the molecule is N#Cc1ccc(CNc2nc(Nc3cc(C4CC4)[nH]n3)nc(C3CC3)n2)cc1. The Labute approximate surface area is 162 Å². The standard InChI is InChI=1S/C20H20N8/c21-10-12-1-3-13(4-2-12)11-22-19-24-18(15-7-8-15)25-20(26-19)23-17-9-16(27-28-17)14-5-6-14/h1-4,9,14-15H,5-8,11H2,(H3,22,23,24,25,26,27,28). The summed E-state index contributed by atoms with van der Waals surface area (Å²) in [6.45, 7) is 0.577. The molecule has 0 amide bonds. The molecule has 0 radical (unpaired) electrons. The van der Waals surface area contributed by atoms with E-state index in [0.717, 1.165) is 35.7 Å². The molecule has 3 N–H and O–H groups in total. The molecular formula is C20H20N8. The van der Waals surface area contributed by atoms with E-state index in [1.807, 2.05) is 30.3 Å². The summed E-state index contributed by atoms with van der Waals surface area (Å²) in [6.07, 6.45) is 4.69. The Morgan fingerprint density at radius 3 is 2.46 bits per heavy atom. The van der Waals surface area contributed by atoms with Gasteiger partial charge in [-0.25, -0.2) is 0 Å². The van der Waals surface area contributed by atoms with Gasteiger partial charge in [0.15, 0.2) is 5.82 Å². The number of aromatic nitrogens is 5. The van der Waals surface area contributed by atoms with Gasteiger partial charge in [0.05, 0.1) is 11.6 Å². The van der Waals surface area contributed by atoms with E-state index in [0.29, 0.717) is 35.8 Å². The maximum absolute atomic E-state index is 8.90. The number of nitrogens with one attached hydrogen (secondary N) is 3. The highest BCUT2D eigenvalue weighted by molar-refractivity contribution is 5.50. The summed E-state index contributed by atoms with van der Waals surface area (Å²) in [6, 6.07) is 11.6. The highest BCUT2D eigenvalue weighted by atomic mass is 15.3. The van der Waals surface area contributed by atoms with Gasteiger partial charge in [-0.15, -0.1) is 0 Å². The van der Waals surface area contributed by atoms with Gasteiger partial charge in [0.25, 0.3) is 0 Å². The third kappa shape index (κ3) is 3.78. The first-order valence-corrected chi connectivity index (χ1v) is 9.58. The Morgan fingerprint density at radius 1 is 1.00 bits per heavy atom. The zero-order chi connectivity index (χ0) is 18.9. The van der Waals surface area contributed by atoms with Crippen LogP contribution in [-0.2, 0) is 6.54 Å². The maximum Gasteiger partial charge on any atom is 0.233 e. The topological polar surface area (TPSA) is 115 Å². The van der Waals surface area contributed by atoms with Gasteiger partial charge >= 0.3 is 0 Å². The van der Waals surface area contributed by atoms with Crippen LogP contribution in [0, 0.1) is 11.3 Å². The van der Waals surface area contributed by atoms with Gasteiger partial charge in [-0.3, -0.25) is 5.10 Å². The maximum atomic E-state index is 8.90. The molecule has 0 bridgehead atoms. The molecule has 3 aromatic rings. The van der Waals surface area contributed by atoms with E-state index >= 15 is 0 Å². The number of nitriles is 1. The number of H-pyrrole nitrogens is 1. The Morgan fingerprint density at radius 2 is 1.75 bits per heavy atom. The summed E-state index contributed by atoms with van der Waals surface area (Å²) in [7, 11) is 0. The van der Waals surface area contributed by atoms with Crippen molar-refractivity contribution in [3.05, 3.63) is 53.0 Å². The minimum atomic E-state index is 0.417. The molecule has 8 nitrogen and oxygen atoms in total. The lowest BCUT2D eigenvalue weighted by molar-refractivity contribution is 0.885. The predicted molar refractivity (Wildman–Crippen MR) is 104 cm³/mol. The molecule has 2 saturated carbocycles. The second-order valence-corrected chi connectivity index (χ2v) is 7.39. The zero-order valence-electron chi connectivity index (χ0n) is 15.3. The second kappa shape index (κ2) is 6.93. The van der Waals surface area contributed by atoms with E-state index < -0.39 is 0 Å². The molecular weight excluding hydrogens is 352 g/mol. The Hall–Kier alpha value is -3.47. The molecule has 1 aromatic carbocycles. The van der Waals surface area contributed by atoms with E-state index in [1.54, 1.807) is 0 Å². The van der Waals surface area contributed by atoms with Crippen molar-refractivity contribution >= 4 is 17.7 Å². The molecule has 2 aliphatic rings. The third-order valence-electron chi connectivity index (χ3n) is 4.98. The summed E-state index contributed by atoms with van der Waals surface area (Å²) in [5.74, 6) is 3.63. The van der Waals surface area contributed by atoms with Crippen molar-refractivity contribution in [3.63, 3.8) is 0 Å². The highest BCUT2D eigenvalue weighted by Gasteiger charge is 2.28. The van der Waals surface area contributed by atoms with Crippen molar-refractivity contribution in [2.24, 2.45) is 0 Å².